The summed E-state index contributed by atoms with van der Waals surface area (Å²) in [6, 6.07) is 15.3. The quantitative estimate of drug-likeness (QED) is 0.641. The fourth-order valence-electron chi connectivity index (χ4n) is 2.75. The summed E-state index contributed by atoms with van der Waals surface area (Å²) >= 11 is 0. The molecule has 136 valence electrons. The summed E-state index contributed by atoms with van der Waals surface area (Å²) in [5.74, 6) is 0.874. The average Bonchev–Trinajstić information content (AvgIpc) is 2.69. The van der Waals surface area contributed by atoms with Crippen molar-refractivity contribution < 1.29 is 14.3 Å². The number of nitrogens with zero attached hydrogens (tertiary/aromatic N) is 2. The Morgan fingerprint density at radius 3 is 2.54 bits per heavy atom. The zero-order valence-corrected chi connectivity index (χ0v) is 15.0. The highest BCUT2D eigenvalue weighted by atomic mass is 16.6. The van der Waals surface area contributed by atoms with Crippen LogP contribution in [0.1, 0.15) is 19.4 Å². The third kappa shape index (κ3) is 4.14. The Kier molecular flexibility index (Phi) is 5.73. The van der Waals surface area contributed by atoms with Gasteiger partial charge in [0.15, 0.2) is 11.5 Å². The van der Waals surface area contributed by atoms with Crippen molar-refractivity contribution in [2.45, 2.75) is 20.0 Å². The number of para-hydroxylation sites is 2. The Balaban J connectivity index is 1.54. The lowest BCUT2D eigenvalue weighted by atomic mass is 10.2. The number of amides is 1. The normalized spacial score (nSPS) is 15.7. The van der Waals surface area contributed by atoms with E-state index in [1.807, 2.05) is 42.5 Å². The van der Waals surface area contributed by atoms with Gasteiger partial charge in [-0.15, -0.1) is 0 Å². The van der Waals surface area contributed by atoms with E-state index >= 15 is 0 Å². The third-order valence-corrected chi connectivity index (χ3v) is 4.21. The molecule has 0 aromatic heterocycles. The molecule has 1 aliphatic rings. The number of ether oxygens (including phenoxy) is 2. The third-order valence-electron chi connectivity index (χ3n) is 4.21. The molecule has 0 spiro atoms. The maximum absolute atomic E-state index is 12.2. The Morgan fingerprint density at radius 1 is 1.15 bits per heavy atom. The minimum absolute atomic E-state index is 0.164. The molecule has 26 heavy (non-hydrogen) atoms. The van der Waals surface area contributed by atoms with E-state index in [0.29, 0.717) is 11.5 Å². The van der Waals surface area contributed by atoms with Crippen molar-refractivity contribution in [1.82, 2.24) is 5.43 Å². The van der Waals surface area contributed by atoms with E-state index in [1.54, 1.807) is 12.3 Å². The van der Waals surface area contributed by atoms with Gasteiger partial charge in [0, 0.05) is 18.8 Å². The van der Waals surface area contributed by atoms with Gasteiger partial charge in [-0.05, 0) is 43.7 Å². The zero-order chi connectivity index (χ0) is 18.4. The van der Waals surface area contributed by atoms with Crippen LogP contribution in [0.2, 0.25) is 0 Å². The van der Waals surface area contributed by atoms with E-state index < -0.39 is 6.10 Å². The monoisotopic (exact) mass is 353 g/mol. The summed E-state index contributed by atoms with van der Waals surface area (Å²) in [5.41, 5.74) is 4.59. The van der Waals surface area contributed by atoms with Gasteiger partial charge in [0.1, 0.15) is 6.61 Å². The van der Waals surface area contributed by atoms with E-state index in [2.05, 4.69) is 29.3 Å². The van der Waals surface area contributed by atoms with E-state index in [0.717, 1.165) is 18.7 Å². The first-order valence-corrected chi connectivity index (χ1v) is 8.77. The number of rotatable bonds is 6. The van der Waals surface area contributed by atoms with Crippen LogP contribution in [0.25, 0.3) is 0 Å². The predicted octanol–water partition coefficient (Wildman–Crippen LogP) is 2.82. The molecule has 3 rings (SSSR count). The van der Waals surface area contributed by atoms with Crippen molar-refractivity contribution in [2.75, 3.05) is 24.6 Å². The molecule has 6 heteroatoms. The van der Waals surface area contributed by atoms with Crippen LogP contribution in [0.5, 0.6) is 11.5 Å². The van der Waals surface area contributed by atoms with Gasteiger partial charge in [-0.1, -0.05) is 24.3 Å². The number of hydrogen-bond acceptors (Lipinski definition) is 5. The predicted molar refractivity (Wildman–Crippen MR) is 102 cm³/mol. The first-order chi connectivity index (χ1) is 12.7. The number of carbonyl (C=O) groups is 1. The molecule has 1 aliphatic heterocycles. The maximum atomic E-state index is 12.2. The van der Waals surface area contributed by atoms with Crippen LogP contribution in [0.3, 0.4) is 0 Å². The number of carbonyl (C=O) groups excluding carboxylic acids is 1. The molecule has 6 nitrogen and oxygen atoms in total. The van der Waals surface area contributed by atoms with Crippen molar-refractivity contribution in [2.24, 2.45) is 5.10 Å². The molecule has 1 N–H and O–H groups in total. The summed E-state index contributed by atoms with van der Waals surface area (Å²) in [6.45, 7) is 6.35. The molecule has 2 aromatic rings. The molecule has 0 radical (unpaired) electrons. The Bertz CT molecular complexity index is 770. The van der Waals surface area contributed by atoms with Crippen LogP contribution in [0.4, 0.5) is 5.69 Å². The van der Waals surface area contributed by atoms with Crippen LogP contribution < -0.4 is 19.8 Å². The highest BCUT2D eigenvalue weighted by Crippen LogP contribution is 2.30. The van der Waals surface area contributed by atoms with Crippen molar-refractivity contribution in [3.05, 3.63) is 54.1 Å². The van der Waals surface area contributed by atoms with E-state index in [4.69, 9.17) is 9.47 Å². The van der Waals surface area contributed by atoms with Crippen LogP contribution in [0, 0.1) is 0 Å². The fraction of sp³-hybridized carbons (Fsp3) is 0.300. The van der Waals surface area contributed by atoms with Crippen LogP contribution in [-0.4, -0.2) is 37.9 Å². The molecule has 1 amide bonds. The van der Waals surface area contributed by atoms with Crippen LogP contribution in [-0.2, 0) is 4.79 Å². The molecule has 0 saturated heterocycles. The van der Waals surface area contributed by atoms with Gasteiger partial charge in [-0.25, -0.2) is 5.43 Å². The Hall–Kier alpha value is -3.02. The lowest BCUT2D eigenvalue weighted by Gasteiger charge is -2.24. The second kappa shape index (κ2) is 8.38. The number of hydrogen-bond donors (Lipinski definition) is 1. The first kappa shape index (κ1) is 17.8. The van der Waals surface area contributed by atoms with Gasteiger partial charge in [0.25, 0.3) is 5.91 Å². The van der Waals surface area contributed by atoms with Crippen molar-refractivity contribution in [1.29, 1.82) is 0 Å². The van der Waals surface area contributed by atoms with Crippen molar-refractivity contribution in [3.8, 4) is 11.5 Å². The van der Waals surface area contributed by atoms with Crippen molar-refractivity contribution >= 4 is 17.8 Å². The first-order valence-electron chi connectivity index (χ1n) is 8.77. The average molecular weight is 353 g/mol. The topological polar surface area (TPSA) is 63.2 Å². The van der Waals surface area contributed by atoms with Gasteiger partial charge in [-0.2, -0.15) is 5.10 Å². The number of benzene rings is 2. The van der Waals surface area contributed by atoms with Gasteiger partial charge >= 0.3 is 0 Å². The highest BCUT2D eigenvalue weighted by Gasteiger charge is 2.26. The molecule has 2 aromatic carbocycles. The summed E-state index contributed by atoms with van der Waals surface area (Å²) in [4.78, 5) is 14.4. The number of hydrazone groups is 1. The highest BCUT2D eigenvalue weighted by molar-refractivity contribution is 5.85. The van der Waals surface area contributed by atoms with Crippen molar-refractivity contribution in [3.63, 3.8) is 0 Å². The van der Waals surface area contributed by atoms with E-state index in [9.17, 15) is 4.79 Å². The fourth-order valence-corrected chi connectivity index (χ4v) is 2.75. The molecule has 1 atom stereocenters. The SMILES string of the molecule is CCN(CC)c1ccc(/C=N/NC(=O)C2COc3ccccc3O2)cc1. The smallest absolute Gasteiger partial charge is 0.284 e. The van der Waals surface area contributed by atoms with Gasteiger partial charge in [0.05, 0.1) is 6.21 Å². The lowest BCUT2D eigenvalue weighted by Crippen LogP contribution is -2.42. The number of nitrogens with one attached hydrogen (secondary N) is 1. The largest absolute Gasteiger partial charge is 0.485 e. The van der Waals surface area contributed by atoms with E-state index in [-0.39, 0.29) is 12.5 Å². The molecule has 0 saturated carbocycles. The van der Waals surface area contributed by atoms with Gasteiger partial charge in [0.2, 0.25) is 6.10 Å². The molecule has 1 unspecified atom stereocenters. The zero-order valence-electron chi connectivity index (χ0n) is 15.0. The number of anilines is 1. The Morgan fingerprint density at radius 2 is 1.85 bits per heavy atom. The van der Waals surface area contributed by atoms with Gasteiger partial charge < -0.3 is 14.4 Å². The summed E-state index contributed by atoms with van der Waals surface area (Å²) in [5, 5.41) is 4.01. The second-order valence-electron chi connectivity index (χ2n) is 5.86. The minimum Gasteiger partial charge on any atom is -0.485 e. The molecular weight excluding hydrogens is 330 g/mol. The Labute approximate surface area is 153 Å². The maximum Gasteiger partial charge on any atom is 0.284 e. The summed E-state index contributed by atoms with van der Waals surface area (Å²) in [6.07, 6.45) is 0.897. The minimum atomic E-state index is -0.716. The second-order valence-corrected chi connectivity index (χ2v) is 5.86. The summed E-state index contributed by atoms with van der Waals surface area (Å²) in [7, 11) is 0. The summed E-state index contributed by atoms with van der Waals surface area (Å²) < 4.78 is 11.2. The molecule has 1 heterocycles. The number of fused-ring (bicyclic) bond motifs is 1. The van der Waals surface area contributed by atoms with Crippen LogP contribution in [0.15, 0.2) is 53.6 Å². The standard InChI is InChI=1S/C20H23N3O3/c1-3-23(4-2)16-11-9-15(10-12-16)13-21-22-20(24)19-14-25-17-7-5-6-8-18(17)26-19/h5-13,19H,3-4,14H2,1-2H3,(H,22,24)/b21-13+. The molecule has 0 aliphatic carbocycles. The van der Waals surface area contributed by atoms with Gasteiger partial charge in [-0.3, -0.25) is 4.79 Å². The van der Waals surface area contributed by atoms with Crippen LogP contribution >= 0.6 is 0 Å². The molecule has 0 bridgehead atoms. The molecule has 0 fully saturated rings. The lowest BCUT2D eigenvalue weighted by molar-refractivity contribution is -0.130. The molecular formula is C20H23N3O3. The van der Waals surface area contributed by atoms with E-state index in [1.165, 1.54) is 5.69 Å².